The smallest absolute Gasteiger partial charge is 0.320 e. The number of rotatable bonds is 6. The van der Waals surface area contributed by atoms with Crippen molar-refractivity contribution in [1.82, 2.24) is 0 Å². The lowest BCUT2D eigenvalue weighted by Gasteiger charge is -2.39. The first-order valence-corrected chi connectivity index (χ1v) is 13.1. The Balaban J connectivity index is 2.44. The van der Waals surface area contributed by atoms with Crippen molar-refractivity contribution in [3.63, 3.8) is 0 Å². The second-order valence-corrected chi connectivity index (χ2v) is 13.1. The summed E-state index contributed by atoms with van der Waals surface area (Å²) in [5, 5.41) is 1.34. The minimum absolute atomic E-state index is 0.139. The van der Waals surface area contributed by atoms with Crippen LogP contribution in [0.4, 0.5) is 0 Å². The molecule has 25 heavy (non-hydrogen) atoms. The normalized spacial score (nSPS) is 23.4. The highest BCUT2D eigenvalue weighted by Crippen LogP contribution is 2.44. The van der Waals surface area contributed by atoms with Crippen molar-refractivity contribution in [2.24, 2.45) is 17.8 Å². The van der Waals surface area contributed by atoms with E-state index in [0.29, 0.717) is 0 Å². The van der Waals surface area contributed by atoms with Gasteiger partial charge < -0.3 is 9.47 Å². The molecule has 2 aliphatic rings. The van der Waals surface area contributed by atoms with E-state index in [1.807, 2.05) is 0 Å². The number of ether oxygens (including phenoxy) is 2. The van der Waals surface area contributed by atoms with Crippen molar-refractivity contribution in [2.75, 3.05) is 13.2 Å². The summed E-state index contributed by atoms with van der Waals surface area (Å²) in [5.41, 5.74) is 1.41. The first-order valence-electron chi connectivity index (χ1n) is 9.55. The molecule has 1 saturated carbocycles. The summed E-state index contributed by atoms with van der Waals surface area (Å²) in [5.74, 6) is -1.61. The molecule has 2 unspecified atom stereocenters. The number of hydrogen-bond acceptors (Lipinski definition) is 4. The summed E-state index contributed by atoms with van der Waals surface area (Å²) in [6, 6.07) is 0. The van der Waals surface area contributed by atoms with Gasteiger partial charge in [-0.3, -0.25) is 9.59 Å². The SMILES string of the molecule is CCOC(=O)C(C(=O)OCC)C1C=C([Si](C)(C)C)C=C2CCCCC21. The van der Waals surface area contributed by atoms with E-state index in [1.54, 1.807) is 13.8 Å². The first kappa shape index (κ1) is 20.0. The molecule has 0 aromatic heterocycles. The Morgan fingerprint density at radius 1 is 1.12 bits per heavy atom. The summed E-state index contributed by atoms with van der Waals surface area (Å²) >= 11 is 0. The fourth-order valence-corrected chi connectivity index (χ4v) is 5.23. The van der Waals surface area contributed by atoms with Crippen LogP contribution in [0.25, 0.3) is 0 Å². The molecule has 4 nitrogen and oxygen atoms in total. The second-order valence-electron chi connectivity index (χ2n) is 8.00. The molecule has 140 valence electrons. The highest BCUT2D eigenvalue weighted by atomic mass is 28.3. The number of hydrogen-bond donors (Lipinski definition) is 0. The van der Waals surface area contributed by atoms with Gasteiger partial charge in [0.25, 0.3) is 0 Å². The van der Waals surface area contributed by atoms with Gasteiger partial charge in [0.2, 0.25) is 0 Å². The van der Waals surface area contributed by atoms with Crippen LogP contribution in [0.15, 0.2) is 22.9 Å². The van der Waals surface area contributed by atoms with Gasteiger partial charge in [0.15, 0.2) is 5.92 Å². The van der Waals surface area contributed by atoms with Crippen molar-refractivity contribution >= 4 is 20.0 Å². The molecule has 0 aliphatic heterocycles. The third-order valence-electron chi connectivity index (χ3n) is 5.22. The number of allylic oxidation sites excluding steroid dienone is 4. The molecule has 0 aromatic rings. The van der Waals surface area contributed by atoms with E-state index in [4.69, 9.17) is 9.47 Å². The molecule has 2 rings (SSSR count). The van der Waals surface area contributed by atoms with Crippen LogP contribution < -0.4 is 0 Å². The van der Waals surface area contributed by atoms with Crippen LogP contribution in [0.1, 0.15) is 39.5 Å². The average Bonchev–Trinajstić information content (AvgIpc) is 2.54. The molecule has 0 bridgehead atoms. The number of carbonyl (C=O) groups is 2. The highest BCUT2D eigenvalue weighted by Gasteiger charge is 2.44. The van der Waals surface area contributed by atoms with Gasteiger partial charge in [-0.2, -0.15) is 0 Å². The van der Waals surface area contributed by atoms with E-state index >= 15 is 0 Å². The Hall–Kier alpha value is -1.36. The largest absolute Gasteiger partial charge is 0.465 e. The lowest BCUT2D eigenvalue weighted by molar-refractivity contribution is -0.164. The molecule has 2 atom stereocenters. The Morgan fingerprint density at radius 2 is 1.72 bits per heavy atom. The van der Waals surface area contributed by atoms with Crippen LogP contribution in [0, 0.1) is 17.8 Å². The third-order valence-corrected chi connectivity index (χ3v) is 7.26. The van der Waals surface area contributed by atoms with Gasteiger partial charge in [-0.25, -0.2) is 0 Å². The summed E-state index contributed by atoms with van der Waals surface area (Å²) in [7, 11) is -1.55. The molecule has 0 aromatic carbocycles. The van der Waals surface area contributed by atoms with Gasteiger partial charge in [-0.1, -0.05) is 49.0 Å². The Labute approximate surface area is 152 Å². The van der Waals surface area contributed by atoms with Crippen molar-refractivity contribution in [1.29, 1.82) is 0 Å². The highest BCUT2D eigenvalue weighted by molar-refractivity contribution is 6.83. The molecule has 0 amide bonds. The van der Waals surface area contributed by atoms with Gasteiger partial charge in [-0.05, 0) is 39.0 Å². The lowest BCUT2D eigenvalue weighted by Crippen LogP contribution is -2.41. The van der Waals surface area contributed by atoms with E-state index in [0.717, 1.165) is 19.3 Å². The molecule has 2 aliphatic carbocycles. The second kappa shape index (κ2) is 8.34. The van der Waals surface area contributed by atoms with Crippen molar-refractivity contribution in [3.05, 3.63) is 22.9 Å². The Morgan fingerprint density at radius 3 is 2.24 bits per heavy atom. The Kier molecular flexibility index (Phi) is 6.66. The maximum absolute atomic E-state index is 12.6. The minimum Gasteiger partial charge on any atom is -0.465 e. The molecule has 0 saturated heterocycles. The van der Waals surface area contributed by atoms with Gasteiger partial charge in [0, 0.05) is 5.92 Å². The number of carbonyl (C=O) groups excluding carboxylic acids is 2. The van der Waals surface area contributed by atoms with Crippen LogP contribution in [-0.4, -0.2) is 33.2 Å². The molecule has 5 heteroatoms. The number of fused-ring (bicyclic) bond motifs is 1. The molecule has 0 heterocycles. The van der Waals surface area contributed by atoms with Crippen molar-refractivity contribution < 1.29 is 19.1 Å². The monoisotopic (exact) mass is 364 g/mol. The maximum Gasteiger partial charge on any atom is 0.320 e. The molecule has 0 N–H and O–H groups in total. The lowest BCUT2D eigenvalue weighted by atomic mass is 9.69. The standard InChI is InChI=1S/C20H32O4Si/c1-6-23-19(21)18(20(22)24-7-2)17-13-15(25(3,4)5)12-14-10-8-9-11-16(14)17/h12-13,16-18H,6-11H2,1-5H3. The van der Waals surface area contributed by atoms with E-state index in [2.05, 4.69) is 31.8 Å². The molecule has 1 fully saturated rings. The number of esters is 2. The maximum atomic E-state index is 12.6. The summed E-state index contributed by atoms with van der Waals surface area (Å²) in [6.07, 6.45) is 9.00. The predicted molar refractivity (Wildman–Crippen MR) is 102 cm³/mol. The van der Waals surface area contributed by atoms with E-state index < -0.39 is 25.9 Å². The molecular weight excluding hydrogens is 332 g/mol. The van der Waals surface area contributed by atoms with Crippen LogP contribution in [0.2, 0.25) is 19.6 Å². The van der Waals surface area contributed by atoms with Crippen LogP contribution >= 0.6 is 0 Å². The fourth-order valence-electron chi connectivity index (χ4n) is 3.92. The molecular formula is C20H32O4Si. The summed E-state index contributed by atoms with van der Waals surface area (Å²) in [4.78, 5) is 25.3. The van der Waals surface area contributed by atoms with E-state index in [1.165, 1.54) is 17.2 Å². The molecule has 0 radical (unpaired) electrons. The van der Waals surface area contributed by atoms with E-state index in [-0.39, 0.29) is 25.0 Å². The van der Waals surface area contributed by atoms with E-state index in [9.17, 15) is 9.59 Å². The van der Waals surface area contributed by atoms with Crippen LogP contribution in [-0.2, 0) is 19.1 Å². The van der Waals surface area contributed by atoms with Crippen molar-refractivity contribution in [3.8, 4) is 0 Å². The quantitative estimate of drug-likeness (QED) is 0.401. The first-order chi connectivity index (χ1) is 11.8. The zero-order chi connectivity index (χ0) is 18.6. The van der Waals surface area contributed by atoms with Crippen LogP contribution in [0.3, 0.4) is 0 Å². The predicted octanol–water partition coefficient (Wildman–Crippen LogP) is 4.28. The molecule has 0 spiro atoms. The minimum atomic E-state index is -1.55. The zero-order valence-corrected chi connectivity index (χ0v) is 17.3. The zero-order valence-electron chi connectivity index (χ0n) is 16.3. The Bertz CT molecular complexity index is 553. The van der Waals surface area contributed by atoms with Gasteiger partial charge in [-0.15, -0.1) is 0 Å². The van der Waals surface area contributed by atoms with Crippen molar-refractivity contribution in [2.45, 2.75) is 59.2 Å². The summed E-state index contributed by atoms with van der Waals surface area (Å²) < 4.78 is 10.5. The topological polar surface area (TPSA) is 52.6 Å². The van der Waals surface area contributed by atoms with Gasteiger partial charge >= 0.3 is 11.9 Å². The van der Waals surface area contributed by atoms with Crippen LogP contribution in [0.5, 0.6) is 0 Å². The van der Waals surface area contributed by atoms with Gasteiger partial charge in [0.05, 0.1) is 21.3 Å². The van der Waals surface area contributed by atoms with Gasteiger partial charge in [0.1, 0.15) is 0 Å². The average molecular weight is 365 g/mol. The summed E-state index contributed by atoms with van der Waals surface area (Å²) in [6.45, 7) is 11.0. The fraction of sp³-hybridized carbons (Fsp3) is 0.700. The third kappa shape index (κ3) is 4.63.